The van der Waals surface area contributed by atoms with Crippen molar-refractivity contribution in [2.75, 3.05) is 6.54 Å². The van der Waals surface area contributed by atoms with Crippen LogP contribution in [-0.4, -0.2) is 38.6 Å². The average Bonchev–Trinajstić information content (AvgIpc) is 2.70. The summed E-state index contributed by atoms with van der Waals surface area (Å²) >= 11 is 6.23. The molecule has 3 N–H and O–H groups in total. The molecule has 0 atom stereocenters. The third-order valence-corrected chi connectivity index (χ3v) is 4.55. The predicted molar refractivity (Wildman–Crippen MR) is 108 cm³/mol. The molecule has 0 saturated carbocycles. The Bertz CT molecular complexity index is 1070. The van der Waals surface area contributed by atoms with Gasteiger partial charge < -0.3 is 15.5 Å². The molecule has 0 bridgehead atoms. The van der Waals surface area contributed by atoms with Gasteiger partial charge in [0, 0.05) is 17.0 Å². The lowest BCUT2D eigenvalue weighted by Gasteiger charge is -2.10. The maximum absolute atomic E-state index is 12.1. The molecule has 1 heterocycles. The van der Waals surface area contributed by atoms with E-state index in [1.54, 1.807) is 6.92 Å². The number of aromatic hydroxyl groups is 1. The number of aliphatic carboxylic acids is 1. The summed E-state index contributed by atoms with van der Waals surface area (Å²) < 4.78 is 0. The number of hydrogen-bond acceptors (Lipinski definition) is 5. The number of amides is 1. The van der Waals surface area contributed by atoms with Crippen molar-refractivity contribution in [1.29, 1.82) is 0 Å². The van der Waals surface area contributed by atoms with E-state index in [9.17, 15) is 14.7 Å². The van der Waals surface area contributed by atoms with Crippen LogP contribution in [0.2, 0.25) is 5.02 Å². The van der Waals surface area contributed by atoms with Crippen LogP contribution in [0.1, 0.15) is 27.6 Å². The topological polar surface area (TPSA) is 112 Å². The summed E-state index contributed by atoms with van der Waals surface area (Å²) in [6, 6.07) is 15.2. The molecule has 3 aromatic rings. The van der Waals surface area contributed by atoms with Gasteiger partial charge >= 0.3 is 5.97 Å². The van der Waals surface area contributed by atoms with Gasteiger partial charge in [0.1, 0.15) is 12.4 Å². The summed E-state index contributed by atoms with van der Waals surface area (Å²) in [4.78, 5) is 31.1. The van der Waals surface area contributed by atoms with Gasteiger partial charge in [0.2, 0.25) is 0 Å². The van der Waals surface area contributed by atoms with E-state index in [2.05, 4.69) is 15.3 Å². The van der Waals surface area contributed by atoms with Crippen LogP contribution in [0.25, 0.3) is 11.1 Å². The molecule has 2 aromatic carbocycles. The highest BCUT2D eigenvalue weighted by Gasteiger charge is 2.18. The molecule has 1 aromatic heterocycles. The van der Waals surface area contributed by atoms with Crippen LogP contribution < -0.4 is 5.32 Å². The van der Waals surface area contributed by atoms with Crippen molar-refractivity contribution in [3.63, 3.8) is 0 Å². The van der Waals surface area contributed by atoms with Gasteiger partial charge in [-0.25, -0.2) is 9.97 Å². The van der Waals surface area contributed by atoms with Crippen LogP contribution in [0.3, 0.4) is 0 Å². The maximum Gasteiger partial charge on any atom is 0.322 e. The molecule has 8 heteroatoms. The van der Waals surface area contributed by atoms with Gasteiger partial charge in [-0.1, -0.05) is 54.1 Å². The normalized spacial score (nSPS) is 10.6. The number of benzene rings is 2. The van der Waals surface area contributed by atoms with Gasteiger partial charge in [-0.05, 0) is 24.1 Å². The van der Waals surface area contributed by atoms with E-state index in [1.807, 2.05) is 48.5 Å². The number of halogens is 1. The number of hydrogen-bond donors (Lipinski definition) is 3. The summed E-state index contributed by atoms with van der Waals surface area (Å²) in [5.74, 6) is -2.00. The largest absolute Gasteiger partial charge is 0.504 e. The number of carbonyl (C=O) groups excluding carboxylic acids is 1. The Kier molecular flexibility index (Phi) is 6.09. The molecule has 148 valence electrons. The number of carboxylic acids is 1. The molecule has 29 heavy (non-hydrogen) atoms. The summed E-state index contributed by atoms with van der Waals surface area (Å²) in [7, 11) is 0. The predicted octanol–water partition coefficient (Wildman–Crippen LogP) is 3.22. The average molecular weight is 412 g/mol. The first-order chi connectivity index (χ1) is 13.8. The molecular formula is C21H18ClN3O4. The summed E-state index contributed by atoms with van der Waals surface area (Å²) in [5, 5.41) is 21.6. The van der Waals surface area contributed by atoms with Gasteiger partial charge in [0.25, 0.3) is 5.91 Å². The standard InChI is InChI=1S/C21H18ClN3O4/c1-12-20(28)19(21(29)23-11-18(26)27)25-17(24-12)10-13-6-8-14(9-7-13)15-4-2-3-5-16(15)22/h2-9,28H,10-11H2,1H3,(H,23,29)(H,26,27). The van der Waals surface area contributed by atoms with Gasteiger partial charge in [0.15, 0.2) is 11.4 Å². The van der Waals surface area contributed by atoms with Crippen molar-refractivity contribution in [3.05, 3.63) is 76.3 Å². The van der Waals surface area contributed by atoms with Gasteiger partial charge in [0.05, 0.1) is 5.69 Å². The Morgan fingerprint density at radius 2 is 1.76 bits per heavy atom. The summed E-state index contributed by atoms with van der Waals surface area (Å²) in [6.45, 7) is 0.981. The number of carbonyl (C=O) groups is 2. The Morgan fingerprint density at radius 1 is 1.07 bits per heavy atom. The zero-order valence-electron chi connectivity index (χ0n) is 15.5. The first-order valence-corrected chi connectivity index (χ1v) is 9.13. The quantitative estimate of drug-likeness (QED) is 0.574. The summed E-state index contributed by atoms with van der Waals surface area (Å²) in [5.41, 5.74) is 2.79. The number of nitrogens with one attached hydrogen (secondary N) is 1. The lowest BCUT2D eigenvalue weighted by Crippen LogP contribution is -2.30. The first kappa shape index (κ1) is 20.3. The first-order valence-electron chi connectivity index (χ1n) is 8.75. The van der Waals surface area contributed by atoms with E-state index >= 15 is 0 Å². The SMILES string of the molecule is Cc1nc(Cc2ccc(-c3ccccc3Cl)cc2)nc(C(=O)NCC(=O)O)c1O. The fourth-order valence-corrected chi connectivity index (χ4v) is 3.03. The third-order valence-electron chi connectivity index (χ3n) is 4.22. The van der Waals surface area contributed by atoms with Crippen molar-refractivity contribution in [2.24, 2.45) is 0 Å². The highest BCUT2D eigenvalue weighted by molar-refractivity contribution is 6.33. The molecule has 3 rings (SSSR count). The van der Waals surface area contributed by atoms with Crippen LogP contribution in [0.4, 0.5) is 0 Å². The monoisotopic (exact) mass is 411 g/mol. The second-order valence-corrected chi connectivity index (χ2v) is 6.76. The second kappa shape index (κ2) is 8.70. The number of rotatable bonds is 6. The molecule has 0 unspecified atom stereocenters. The molecule has 0 fully saturated rings. The van der Waals surface area contributed by atoms with Gasteiger partial charge in [-0.15, -0.1) is 0 Å². The van der Waals surface area contributed by atoms with Crippen LogP contribution in [0.5, 0.6) is 5.75 Å². The Balaban J connectivity index is 1.82. The lowest BCUT2D eigenvalue weighted by molar-refractivity contribution is -0.135. The lowest BCUT2D eigenvalue weighted by atomic mass is 10.0. The van der Waals surface area contributed by atoms with Crippen molar-refractivity contribution >= 4 is 23.5 Å². The molecule has 0 spiro atoms. The number of carboxylic acid groups (broad SMARTS) is 1. The van der Waals surface area contributed by atoms with E-state index in [1.165, 1.54) is 0 Å². The zero-order valence-corrected chi connectivity index (χ0v) is 16.3. The van der Waals surface area contributed by atoms with E-state index in [-0.39, 0.29) is 17.1 Å². The maximum atomic E-state index is 12.1. The van der Waals surface area contributed by atoms with E-state index in [0.717, 1.165) is 16.7 Å². The van der Waals surface area contributed by atoms with Gasteiger partial charge in [-0.3, -0.25) is 9.59 Å². The molecule has 0 aliphatic rings. The molecule has 0 radical (unpaired) electrons. The molecular weight excluding hydrogens is 394 g/mol. The van der Waals surface area contributed by atoms with Crippen molar-refractivity contribution in [2.45, 2.75) is 13.3 Å². The van der Waals surface area contributed by atoms with Crippen LogP contribution in [0.15, 0.2) is 48.5 Å². The summed E-state index contributed by atoms with van der Waals surface area (Å²) in [6.07, 6.45) is 0.336. The van der Waals surface area contributed by atoms with Gasteiger partial charge in [-0.2, -0.15) is 0 Å². The van der Waals surface area contributed by atoms with Crippen LogP contribution in [-0.2, 0) is 11.2 Å². The minimum Gasteiger partial charge on any atom is -0.504 e. The Morgan fingerprint density at radius 3 is 2.41 bits per heavy atom. The van der Waals surface area contributed by atoms with E-state index in [4.69, 9.17) is 16.7 Å². The smallest absolute Gasteiger partial charge is 0.322 e. The minimum atomic E-state index is -1.19. The Hall–Kier alpha value is -3.45. The second-order valence-electron chi connectivity index (χ2n) is 6.35. The molecule has 7 nitrogen and oxygen atoms in total. The highest BCUT2D eigenvalue weighted by atomic mass is 35.5. The number of nitrogens with zero attached hydrogens (tertiary/aromatic N) is 2. The molecule has 0 aliphatic carbocycles. The third kappa shape index (κ3) is 4.89. The molecule has 1 amide bonds. The van der Waals surface area contributed by atoms with E-state index < -0.39 is 18.4 Å². The fraction of sp³-hybridized carbons (Fsp3) is 0.143. The van der Waals surface area contributed by atoms with E-state index in [0.29, 0.717) is 17.3 Å². The Labute approximate surface area is 172 Å². The van der Waals surface area contributed by atoms with Crippen molar-refractivity contribution in [3.8, 4) is 16.9 Å². The number of aromatic nitrogens is 2. The van der Waals surface area contributed by atoms with Crippen molar-refractivity contribution in [1.82, 2.24) is 15.3 Å². The molecule has 0 aliphatic heterocycles. The van der Waals surface area contributed by atoms with Crippen LogP contribution >= 0.6 is 11.6 Å². The molecule has 0 saturated heterocycles. The van der Waals surface area contributed by atoms with Crippen molar-refractivity contribution < 1.29 is 19.8 Å². The number of aryl methyl sites for hydroxylation is 1. The minimum absolute atomic E-state index is 0.239. The zero-order chi connectivity index (χ0) is 21.0. The fourth-order valence-electron chi connectivity index (χ4n) is 2.78. The highest BCUT2D eigenvalue weighted by Crippen LogP contribution is 2.28. The van der Waals surface area contributed by atoms with Crippen LogP contribution in [0, 0.1) is 6.92 Å².